The molecule has 2 aromatic rings. The summed E-state index contributed by atoms with van der Waals surface area (Å²) in [7, 11) is 0. The molecule has 2 aromatic heterocycles. The molecule has 22 heavy (non-hydrogen) atoms. The van der Waals surface area contributed by atoms with Crippen molar-refractivity contribution in [3.05, 3.63) is 35.2 Å². The molecule has 1 aliphatic heterocycles. The number of imidazole rings is 1. The molecule has 7 nitrogen and oxygen atoms in total. The van der Waals surface area contributed by atoms with Crippen molar-refractivity contribution in [1.82, 2.24) is 19.2 Å². The number of carbonyl (C=O) groups is 3. The predicted molar refractivity (Wildman–Crippen MR) is 78.1 cm³/mol. The van der Waals surface area contributed by atoms with Crippen molar-refractivity contribution in [2.45, 2.75) is 26.4 Å². The smallest absolute Gasteiger partial charge is 0.305 e. The van der Waals surface area contributed by atoms with E-state index in [9.17, 15) is 14.4 Å². The molecular weight excluding hydrogens is 308 g/mol. The Bertz CT molecular complexity index is 798. The fourth-order valence-corrected chi connectivity index (χ4v) is 2.54. The SMILES string of the molecule is CC(C)N1C(=O)C(=O)N(Cc2cn3cc(Cl)ccc3n2)C1=O. The predicted octanol–water partition coefficient (Wildman–Crippen LogP) is 1.69. The van der Waals surface area contributed by atoms with Gasteiger partial charge in [0.15, 0.2) is 0 Å². The molecule has 3 rings (SSSR count). The Morgan fingerprint density at radius 3 is 2.50 bits per heavy atom. The van der Waals surface area contributed by atoms with Crippen LogP contribution in [-0.4, -0.2) is 43.1 Å². The number of aromatic nitrogens is 2. The minimum Gasteiger partial charge on any atom is -0.305 e. The Balaban J connectivity index is 1.89. The molecule has 0 bridgehead atoms. The van der Waals surface area contributed by atoms with Gasteiger partial charge in [0, 0.05) is 18.4 Å². The molecule has 8 heteroatoms. The van der Waals surface area contributed by atoms with Gasteiger partial charge in [0.1, 0.15) is 5.65 Å². The standard InChI is InChI=1S/C14H13ClN4O3/c1-8(2)19-13(21)12(20)18(14(19)22)7-10-6-17-5-9(15)3-4-11(17)16-10/h3-6,8H,7H2,1-2H3. The zero-order valence-electron chi connectivity index (χ0n) is 12.0. The second-order valence-corrected chi connectivity index (χ2v) is 5.72. The van der Waals surface area contributed by atoms with Gasteiger partial charge in [-0.05, 0) is 26.0 Å². The van der Waals surface area contributed by atoms with Crippen LogP contribution < -0.4 is 0 Å². The Labute approximate surface area is 131 Å². The van der Waals surface area contributed by atoms with Crippen LogP contribution in [0.4, 0.5) is 4.79 Å². The molecule has 0 aliphatic carbocycles. The number of fused-ring (bicyclic) bond motifs is 1. The first-order valence-electron chi connectivity index (χ1n) is 6.70. The summed E-state index contributed by atoms with van der Waals surface area (Å²) in [5, 5.41) is 0.547. The van der Waals surface area contributed by atoms with E-state index in [-0.39, 0.29) is 12.6 Å². The molecule has 0 radical (unpaired) electrons. The van der Waals surface area contributed by atoms with Gasteiger partial charge in [-0.2, -0.15) is 0 Å². The number of pyridine rings is 1. The zero-order chi connectivity index (χ0) is 16.0. The third-order valence-corrected chi connectivity index (χ3v) is 3.61. The van der Waals surface area contributed by atoms with Gasteiger partial charge in [-0.1, -0.05) is 11.6 Å². The number of amides is 4. The van der Waals surface area contributed by atoms with E-state index in [0.29, 0.717) is 16.4 Å². The molecule has 1 saturated heterocycles. The Morgan fingerprint density at radius 2 is 1.86 bits per heavy atom. The first kappa shape index (κ1) is 14.5. The maximum Gasteiger partial charge on any atom is 0.334 e. The maximum atomic E-state index is 12.2. The van der Waals surface area contributed by atoms with Gasteiger partial charge in [0.25, 0.3) is 0 Å². The van der Waals surface area contributed by atoms with E-state index in [4.69, 9.17) is 11.6 Å². The normalized spacial score (nSPS) is 15.7. The zero-order valence-corrected chi connectivity index (χ0v) is 12.7. The third kappa shape index (κ3) is 2.23. The molecule has 114 valence electrons. The first-order valence-corrected chi connectivity index (χ1v) is 7.08. The fraction of sp³-hybridized carbons (Fsp3) is 0.286. The number of imide groups is 2. The van der Waals surface area contributed by atoms with Crippen LogP contribution in [0.2, 0.25) is 5.02 Å². The molecule has 1 aliphatic rings. The number of hydrogen-bond acceptors (Lipinski definition) is 4. The highest BCUT2D eigenvalue weighted by Crippen LogP contribution is 2.19. The van der Waals surface area contributed by atoms with Gasteiger partial charge in [0.05, 0.1) is 17.3 Å². The van der Waals surface area contributed by atoms with E-state index in [2.05, 4.69) is 4.98 Å². The van der Waals surface area contributed by atoms with Crippen LogP contribution in [0, 0.1) is 0 Å². The van der Waals surface area contributed by atoms with Crippen molar-refractivity contribution in [1.29, 1.82) is 0 Å². The van der Waals surface area contributed by atoms with Crippen LogP contribution in [0.25, 0.3) is 5.65 Å². The summed E-state index contributed by atoms with van der Waals surface area (Å²) in [5.74, 6) is -1.62. The summed E-state index contributed by atoms with van der Waals surface area (Å²) in [6.07, 6.45) is 3.34. The lowest BCUT2D eigenvalue weighted by Gasteiger charge is -2.17. The minimum absolute atomic E-state index is 0.0497. The van der Waals surface area contributed by atoms with Crippen LogP contribution in [0.1, 0.15) is 19.5 Å². The minimum atomic E-state index is -0.825. The van der Waals surface area contributed by atoms with Crippen molar-refractivity contribution in [2.24, 2.45) is 0 Å². The van der Waals surface area contributed by atoms with Crippen LogP contribution in [-0.2, 0) is 16.1 Å². The lowest BCUT2D eigenvalue weighted by molar-refractivity contribution is -0.144. The number of urea groups is 1. The Morgan fingerprint density at radius 1 is 1.14 bits per heavy atom. The summed E-state index contributed by atoms with van der Waals surface area (Å²) in [4.78, 5) is 42.2. The summed E-state index contributed by atoms with van der Waals surface area (Å²) < 4.78 is 1.70. The average Bonchev–Trinajstić information content (AvgIpc) is 2.93. The fourth-order valence-electron chi connectivity index (χ4n) is 2.37. The van der Waals surface area contributed by atoms with E-state index < -0.39 is 17.8 Å². The molecule has 1 fully saturated rings. The van der Waals surface area contributed by atoms with Crippen LogP contribution in [0.15, 0.2) is 24.5 Å². The number of nitrogens with zero attached hydrogens (tertiary/aromatic N) is 4. The molecule has 0 saturated carbocycles. The molecule has 0 atom stereocenters. The van der Waals surface area contributed by atoms with Crippen molar-refractivity contribution in [3.8, 4) is 0 Å². The molecule has 4 amide bonds. The van der Waals surface area contributed by atoms with Crippen molar-refractivity contribution in [2.75, 3.05) is 0 Å². The van der Waals surface area contributed by atoms with E-state index >= 15 is 0 Å². The van der Waals surface area contributed by atoms with Gasteiger partial charge in [0.2, 0.25) is 0 Å². The molecular formula is C14H13ClN4O3. The number of carbonyl (C=O) groups excluding carboxylic acids is 3. The van der Waals surface area contributed by atoms with Crippen molar-refractivity contribution >= 4 is 35.1 Å². The second-order valence-electron chi connectivity index (χ2n) is 5.29. The third-order valence-electron chi connectivity index (χ3n) is 3.39. The number of hydrogen-bond donors (Lipinski definition) is 0. The average molecular weight is 321 g/mol. The van der Waals surface area contributed by atoms with Gasteiger partial charge < -0.3 is 4.40 Å². The Hall–Kier alpha value is -2.41. The Kier molecular flexibility index (Phi) is 3.37. The summed E-state index contributed by atoms with van der Waals surface area (Å²) in [5.41, 5.74) is 1.15. The lowest BCUT2D eigenvalue weighted by Crippen LogP contribution is -2.37. The van der Waals surface area contributed by atoms with E-state index in [1.165, 1.54) is 0 Å². The van der Waals surface area contributed by atoms with Gasteiger partial charge in [-0.25, -0.2) is 14.7 Å². The summed E-state index contributed by atoms with van der Waals surface area (Å²) >= 11 is 5.90. The highest BCUT2D eigenvalue weighted by Gasteiger charge is 2.45. The number of halogens is 1. The highest BCUT2D eigenvalue weighted by molar-refractivity contribution is 6.44. The molecule has 0 spiro atoms. The topological polar surface area (TPSA) is 75.0 Å². The quantitative estimate of drug-likeness (QED) is 0.637. The van der Waals surface area contributed by atoms with Crippen molar-refractivity contribution < 1.29 is 14.4 Å². The van der Waals surface area contributed by atoms with Crippen LogP contribution in [0.3, 0.4) is 0 Å². The summed E-state index contributed by atoms with van der Waals surface area (Å²) in [6, 6.07) is 2.45. The molecule has 0 aromatic carbocycles. The largest absolute Gasteiger partial charge is 0.334 e. The molecule has 0 N–H and O–H groups in total. The van der Waals surface area contributed by atoms with Crippen LogP contribution >= 0.6 is 11.6 Å². The maximum absolute atomic E-state index is 12.2. The van der Waals surface area contributed by atoms with E-state index in [1.807, 2.05) is 0 Å². The monoisotopic (exact) mass is 320 g/mol. The van der Waals surface area contributed by atoms with Crippen molar-refractivity contribution in [3.63, 3.8) is 0 Å². The van der Waals surface area contributed by atoms with E-state index in [0.717, 1.165) is 9.80 Å². The molecule has 3 heterocycles. The number of rotatable bonds is 3. The van der Waals surface area contributed by atoms with Gasteiger partial charge in [-0.3, -0.25) is 14.5 Å². The van der Waals surface area contributed by atoms with Gasteiger partial charge in [-0.15, -0.1) is 0 Å². The van der Waals surface area contributed by atoms with E-state index in [1.54, 1.807) is 42.8 Å². The lowest BCUT2D eigenvalue weighted by atomic mass is 10.3. The summed E-state index contributed by atoms with van der Waals surface area (Å²) in [6.45, 7) is 3.31. The second kappa shape index (κ2) is 5.10. The highest BCUT2D eigenvalue weighted by atomic mass is 35.5. The van der Waals surface area contributed by atoms with Crippen LogP contribution in [0.5, 0.6) is 0 Å². The first-order chi connectivity index (χ1) is 10.4. The van der Waals surface area contributed by atoms with Gasteiger partial charge >= 0.3 is 17.8 Å². The molecule has 0 unspecified atom stereocenters.